The summed E-state index contributed by atoms with van der Waals surface area (Å²) in [4.78, 5) is 14.7. The van der Waals surface area contributed by atoms with E-state index in [-0.39, 0.29) is 5.91 Å². The number of nitrogens with zero attached hydrogens (tertiary/aromatic N) is 1. The smallest absolute Gasteiger partial charge is 0.266 e. The second-order valence-corrected chi connectivity index (χ2v) is 7.61. The highest BCUT2D eigenvalue weighted by Gasteiger charge is 2.32. The first-order chi connectivity index (χ1) is 12.6. The van der Waals surface area contributed by atoms with E-state index >= 15 is 0 Å². The molecule has 3 aromatic rings. The van der Waals surface area contributed by atoms with Gasteiger partial charge in [-0.2, -0.15) is 0 Å². The lowest BCUT2D eigenvalue weighted by atomic mass is 10.2. The van der Waals surface area contributed by atoms with Crippen molar-refractivity contribution in [1.82, 2.24) is 4.90 Å². The van der Waals surface area contributed by atoms with Crippen molar-refractivity contribution in [2.24, 2.45) is 0 Å². The zero-order valence-electron chi connectivity index (χ0n) is 13.3. The highest BCUT2D eigenvalue weighted by molar-refractivity contribution is 8.26. The Kier molecular flexibility index (Phi) is 4.72. The van der Waals surface area contributed by atoms with Gasteiger partial charge in [-0.25, -0.2) is 0 Å². The summed E-state index contributed by atoms with van der Waals surface area (Å²) in [5.74, 6) is 1.74. The predicted molar refractivity (Wildman–Crippen MR) is 107 cm³/mol. The summed E-state index contributed by atoms with van der Waals surface area (Å²) < 4.78 is 11.6. The van der Waals surface area contributed by atoms with Crippen LogP contribution in [0, 0.1) is 0 Å². The monoisotopic (exact) mass is 401 g/mol. The molecule has 1 saturated heterocycles. The molecule has 4 rings (SSSR count). The molecule has 0 saturated carbocycles. The number of carbonyl (C=O) groups is 1. The number of thiocarbonyl (C=S) groups is 1. The molecule has 1 amide bonds. The number of rotatable bonds is 4. The first-order valence-corrected chi connectivity index (χ1v) is 9.34. The summed E-state index contributed by atoms with van der Waals surface area (Å²) in [5, 5.41) is 0.609. The number of carbonyl (C=O) groups excluding carboxylic acids is 1. The molecule has 1 aromatic carbocycles. The minimum atomic E-state index is -0.160. The van der Waals surface area contributed by atoms with E-state index in [9.17, 15) is 4.79 Å². The zero-order valence-corrected chi connectivity index (χ0v) is 15.7. The molecule has 7 heteroatoms. The maximum Gasteiger partial charge on any atom is 0.266 e. The molecule has 0 bridgehead atoms. The molecule has 0 atom stereocenters. The molecule has 2 aromatic heterocycles. The predicted octanol–water partition coefficient (Wildman–Crippen LogP) is 5.59. The molecule has 0 N–H and O–H groups in total. The first-order valence-electron chi connectivity index (χ1n) is 7.74. The molecule has 130 valence electrons. The Balaban J connectivity index is 1.56. The van der Waals surface area contributed by atoms with E-state index in [0.29, 0.717) is 38.1 Å². The van der Waals surface area contributed by atoms with E-state index in [1.165, 1.54) is 16.7 Å². The molecule has 3 heterocycles. The lowest BCUT2D eigenvalue weighted by molar-refractivity contribution is -0.122. The molecule has 26 heavy (non-hydrogen) atoms. The third kappa shape index (κ3) is 3.35. The minimum absolute atomic E-state index is 0.160. The third-order valence-corrected chi connectivity index (χ3v) is 5.51. The average molecular weight is 402 g/mol. The number of benzene rings is 1. The molecule has 4 nitrogen and oxygen atoms in total. The Bertz CT molecular complexity index is 1010. The number of hydrogen-bond donors (Lipinski definition) is 0. The minimum Gasteiger partial charge on any atom is -0.467 e. The summed E-state index contributed by atoms with van der Waals surface area (Å²) >= 11 is 12.8. The van der Waals surface area contributed by atoms with Crippen LogP contribution in [0.3, 0.4) is 0 Å². The van der Waals surface area contributed by atoms with Crippen LogP contribution >= 0.6 is 35.6 Å². The summed E-state index contributed by atoms with van der Waals surface area (Å²) in [5.41, 5.74) is 0.805. The molecule has 0 unspecified atom stereocenters. The van der Waals surface area contributed by atoms with E-state index < -0.39 is 0 Å². The maximum atomic E-state index is 12.6. The van der Waals surface area contributed by atoms with E-state index in [1.54, 1.807) is 30.5 Å². The first kappa shape index (κ1) is 17.1. The Morgan fingerprint density at radius 1 is 1.15 bits per heavy atom. The van der Waals surface area contributed by atoms with Gasteiger partial charge in [0.25, 0.3) is 5.91 Å². The Morgan fingerprint density at radius 2 is 2.00 bits per heavy atom. The van der Waals surface area contributed by atoms with Gasteiger partial charge in [-0.05, 0) is 36.4 Å². The lowest BCUT2D eigenvalue weighted by Crippen LogP contribution is -2.27. The van der Waals surface area contributed by atoms with Crippen LogP contribution in [-0.4, -0.2) is 15.1 Å². The fourth-order valence-corrected chi connectivity index (χ4v) is 4.02. The van der Waals surface area contributed by atoms with Crippen LogP contribution in [0.25, 0.3) is 17.4 Å². The number of halogens is 1. The highest BCUT2D eigenvalue weighted by Crippen LogP contribution is 2.35. The van der Waals surface area contributed by atoms with E-state index in [4.69, 9.17) is 32.7 Å². The van der Waals surface area contributed by atoms with Gasteiger partial charge < -0.3 is 8.83 Å². The highest BCUT2D eigenvalue weighted by atomic mass is 35.5. The van der Waals surface area contributed by atoms with Crippen LogP contribution in [0.1, 0.15) is 11.5 Å². The standard InChI is InChI=1S/C19H12ClNO3S2/c20-15-6-2-1-5-14(15)16-8-7-12(24-16)10-17-18(22)21(19(25)26-17)11-13-4-3-9-23-13/h1-10H,11H2/b17-10+. The van der Waals surface area contributed by atoms with Gasteiger partial charge in [0.15, 0.2) is 0 Å². The second-order valence-electron chi connectivity index (χ2n) is 5.53. The van der Waals surface area contributed by atoms with Crippen molar-refractivity contribution < 1.29 is 13.6 Å². The van der Waals surface area contributed by atoms with Gasteiger partial charge in [-0.3, -0.25) is 9.69 Å². The lowest BCUT2D eigenvalue weighted by Gasteiger charge is -2.11. The molecule has 1 aliphatic rings. The summed E-state index contributed by atoms with van der Waals surface area (Å²) in [6, 6.07) is 14.7. The SMILES string of the molecule is O=C1/C(=C\c2ccc(-c3ccccc3Cl)o2)SC(=S)N1Cc1ccco1. The topological polar surface area (TPSA) is 46.6 Å². The summed E-state index contributed by atoms with van der Waals surface area (Å²) in [6.07, 6.45) is 3.27. The van der Waals surface area contributed by atoms with Gasteiger partial charge in [0.1, 0.15) is 21.6 Å². The van der Waals surface area contributed by atoms with Crippen molar-refractivity contribution in [1.29, 1.82) is 0 Å². The zero-order chi connectivity index (χ0) is 18.1. The van der Waals surface area contributed by atoms with Crippen molar-refractivity contribution in [3.8, 4) is 11.3 Å². The molecule has 0 aliphatic carbocycles. The fraction of sp³-hybridized carbons (Fsp3) is 0.0526. The quantitative estimate of drug-likeness (QED) is 0.421. The van der Waals surface area contributed by atoms with Crippen molar-refractivity contribution in [3.05, 3.63) is 76.2 Å². The van der Waals surface area contributed by atoms with Crippen molar-refractivity contribution in [2.45, 2.75) is 6.54 Å². The van der Waals surface area contributed by atoms with Crippen LogP contribution in [-0.2, 0) is 11.3 Å². The van der Waals surface area contributed by atoms with Gasteiger partial charge >= 0.3 is 0 Å². The van der Waals surface area contributed by atoms with E-state index in [0.717, 1.165) is 5.56 Å². The van der Waals surface area contributed by atoms with Crippen LogP contribution < -0.4 is 0 Å². The molecule has 1 fully saturated rings. The van der Waals surface area contributed by atoms with Gasteiger partial charge in [0, 0.05) is 11.6 Å². The number of furan rings is 2. The maximum absolute atomic E-state index is 12.6. The Labute approximate surface area is 164 Å². The Hall–Kier alpha value is -2.28. The largest absolute Gasteiger partial charge is 0.467 e. The number of thioether (sulfide) groups is 1. The van der Waals surface area contributed by atoms with Gasteiger partial charge in [-0.1, -0.05) is 47.7 Å². The van der Waals surface area contributed by atoms with E-state index in [1.807, 2.05) is 30.3 Å². The average Bonchev–Trinajstić information content (AvgIpc) is 3.35. The molecule has 0 spiro atoms. The van der Waals surface area contributed by atoms with Crippen LogP contribution in [0.5, 0.6) is 0 Å². The van der Waals surface area contributed by atoms with Gasteiger partial charge in [-0.15, -0.1) is 0 Å². The van der Waals surface area contributed by atoms with Crippen molar-refractivity contribution >= 4 is 51.9 Å². The van der Waals surface area contributed by atoms with Gasteiger partial charge in [0.05, 0.1) is 22.7 Å². The molecule has 0 radical (unpaired) electrons. The van der Waals surface area contributed by atoms with Crippen LogP contribution in [0.4, 0.5) is 0 Å². The second kappa shape index (κ2) is 7.15. The molecule has 1 aliphatic heterocycles. The van der Waals surface area contributed by atoms with Gasteiger partial charge in [0.2, 0.25) is 0 Å². The normalized spacial score (nSPS) is 16.0. The molecular formula is C19H12ClNO3S2. The Morgan fingerprint density at radius 3 is 2.77 bits per heavy atom. The van der Waals surface area contributed by atoms with Crippen molar-refractivity contribution in [3.63, 3.8) is 0 Å². The summed E-state index contributed by atoms with van der Waals surface area (Å²) in [6.45, 7) is 0.317. The van der Waals surface area contributed by atoms with Crippen LogP contribution in [0.15, 0.2) is 68.5 Å². The number of amides is 1. The third-order valence-electron chi connectivity index (χ3n) is 3.81. The fourth-order valence-electron chi connectivity index (χ4n) is 2.56. The van der Waals surface area contributed by atoms with Crippen LogP contribution in [0.2, 0.25) is 5.02 Å². The van der Waals surface area contributed by atoms with E-state index in [2.05, 4.69) is 0 Å². The molecular weight excluding hydrogens is 390 g/mol. The van der Waals surface area contributed by atoms with Crippen molar-refractivity contribution in [2.75, 3.05) is 0 Å². The number of hydrogen-bond acceptors (Lipinski definition) is 5. The summed E-state index contributed by atoms with van der Waals surface area (Å²) in [7, 11) is 0.